The molecule has 1 heterocycles. The molecule has 0 aliphatic carbocycles. The fourth-order valence-electron chi connectivity index (χ4n) is 1.48. The molecule has 0 bridgehead atoms. The number of aromatic nitrogens is 2. The molecule has 5 nitrogen and oxygen atoms in total. The predicted octanol–water partition coefficient (Wildman–Crippen LogP) is 2.34. The highest BCUT2D eigenvalue weighted by atomic mass is 79.9. The van der Waals surface area contributed by atoms with Crippen LogP contribution >= 0.6 is 27.5 Å². The molecule has 1 aromatic heterocycles. The summed E-state index contributed by atoms with van der Waals surface area (Å²) in [5, 5.41) is 6.79. The summed E-state index contributed by atoms with van der Waals surface area (Å²) in [7, 11) is 1.59. The van der Waals surface area contributed by atoms with E-state index in [1.165, 1.54) is 0 Å². The van der Waals surface area contributed by atoms with Crippen LogP contribution in [0.3, 0.4) is 0 Å². The number of amides is 1. The van der Waals surface area contributed by atoms with E-state index in [0.29, 0.717) is 23.7 Å². The van der Waals surface area contributed by atoms with Crippen LogP contribution in [-0.4, -0.2) is 35.8 Å². The van der Waals surface area contributed by atoms with E-state index in [-0.39, 0.29) is 5.91 Å². The zero-order valence-corrected chi connectivity index (χ0v) is 12.6. The molecule has 1 amide bonds. The van der Waals surface area contributed by atoms with Crippen molar-refractivity contribution in [3.8, 4) is 11.3 Å². The number of halogens is 1. The summed E-state index contributed by atoms with van der Waals surface area (Å²) in [5.41, 5.74) is 1.47. The van der Waals surface area contributed by atoms with Crippen molar-refractivity contribution < 1.29 is 9.53 Å². The Morgan fingerprint density at radius 2 is 2.16 bits per heavy atom. The summed E-state index contributed by atoms with van der Waals surface area (Å²) in [6, 6.07) is 7.60. The van der Waals surface area contributed by atoms with Gasteiger partial charge in [-0.15, -0.1) is 5.10 Å². The highest BCUT2D eigenvalue weighted by Gasteiger charge is 2.17. The first kappa shape index (κ1) is 14.1. The Labute approximate surface area is 123 Å². The van der Waals surface area contributed by atoms with Crippen LogP contribution in [0, 0.1) is 0 Å². The second kappa shape index (κ2) is 6.74. The van der Waals surface area contributed by atoms with Crippen molar-refractivity contribution in [1.29, 1.82) is 0 Å². The van der Waals surface area contributed by atoms with Crippen molar-refractivity contribution in [2.75, 3.05) is 20.3 Å². The van der Waals surface area contributed by atoms with Crippen molar-refractivity contribution >= 4 is 33.4 Å². The smallest absolute Gasteiger partial charge is 0.265 e. The number of rotatable bonds is 5. The van der Waals surface area contributed by atoms with Crippen LogP contribution in [0.4, 0.5) is 0 Å². The van der Waals surface area contributed by atoms with E-state index in [1.807, 2.05) is 24.3 Å². The number of hydrogen-bond acceptors (Lipinski definition) is 5. The van der Waals surface area contributed by atoms with Crippen molar-refractivity contribution in [2.45, 2.75) is 0 Å². The maximum absolute atomic E-state index is 12.0. The Balaban J connectivity index is 2.17. The van der Waals surface area contributed by atoms with Gasteiger partial charge in [-0.3, -0.25) is 4.79 Å². The minimum atomic E-state index is -0.176. The summed E-state index contributed by atoms with van der Waals surface area (Å²) in [6.07, 6.45) is 0. The molecule has 0 radical (unpaired) electrons. The van der Waals surface area contributed by atoms with Gasteiger partial charge < -0.3 is 10.1 Å². The van der Waals surface area contributed by atoms with Gasteiger partial charge in [-0.1, -0.05) is 32.6 Å². The molecule has 2 rings (SSSR count). The molecule has 0 atom stereocenters. The molecule has 0 aliphatic heterocycles. The number of nitrogens with one attached hydrogen (secondary N) is 1. The SMILES string of the molecule is COCCNC(=O)c1snnc1-c1ccc(Br)cc1. The normalized spacial score (nSPS) is 10.4. The third-order valence-corrected chi connectivity index (χ3v) is 3.66. The molecule has 0 aliphatic rings. The lowest BCUT2D eigenvalue weighted by atomic mass is 10.1. The topological polar surface area (TPSA) is 64.1 Å². The van der Waals surface area contributed by atoms with Crippen LogP contribution in [0.5, 0.6) is 0 Å². The monoisotopic (exact) mass is 341 g/mol. The average molecular weight is 342 g/mol. The zero-order chi connectivity index (χ0) is 13.7. The molecule has 7 heteroatoms. The summed E-state index contributed by atoms with van der Waals surface area (Å²) in [4.78, 5) is 12.5. The lowest BCUT2D eigenvalue weighted by Crippen LogP contribution is -2.26. The number of carbonyl (C=O) groups is 1. The minimum absolute atomic E-state index is 0.176. The van der Waals surface area contributed by atoms with Crippen molar-refractivity contribution in [2.24, 2.45) is 0 Å². The first-order valence-electron chi connectivity index (χ1n) is 5.58. The molecule has 0 saturated carbocycles. The molecular weight excluding hydrogens is 330 g/mol. The van der Waals surface area contributed by atoms with Crippen molar-refractivity contribution in [3.05, 3.63) is 33.6 Å². The first-order chi connectivity index (χ1) is 9.22. The Hall–Kier alpha value is -1.31. The van der Waals surface area contributed by atoms with Gasteiger partial charge in [-0.05, 0) is 23.7 Å². The van der Waals surface area contributed by atoms with Gasteiger partial charge in [-0.2, -0.15) is 0 Å². The predicted molar refractivity (Wildman–Crippen MR) is 77.3 cm³/mol. The Bertz CT molecular complexity index is 556. The van der Waals surface area contributed by atoms with E-state index in [4.69, 9.17) is 4.74 Å². The Morgan fingerprint density at radius 3 is 2.84 bits per heavy atom. The van der Waals surface area contributed by atoms with Gasteiger partial charge in [0, 0.05) is 23.7 Å². The van der Waals surface area contributed by atoms with Gasteiger partial charge in [0.25, 0.3) is 5.91 Å². The maximum atomic E-state index is 12.0. The van der Waals surface area contributed by atoms with Crippen LogP contribution in [0.1, 0.15) is 9.67 Å². The van der Waals surface area contributed by atoms with E-state index in [2.05, 4.69) is 30.8 Å². The summed E-state index contributed by atoms with van der Waals surface area (Å²) in [5.74, 6) is -0.176. The summed E-state index contributed by atoms with van der Waals surface area (Å²) < 4.78 is 9.73. The largest absolute Gasteiger partial charge is 0.383 e. The molecule has 0 spiro atoms. The molecule has 0 unspecified atom stereocenters. The molecule has 100 valence electrons. The number of hydrogen-bond donors (Lipinski definition) is 1. The van der Waals surface area contributed by atoms with Crippen LogP contribution in [0.25, 0.3) is 11.3 Å². The highest BCUT2D eigenvalue weighted by Crippen LogP contribution is 2.25. The van der Waals surface area contributed by atoms with E-state index in [9.17, 15) is 4.79 Å². The second-order valence-electron chi connectivity index (χ2n) is 3.71. The minimum Gasteiger partial charge on any atom is -0.383 e. The van der Waals surface area contributed by atoms with E-state index >= 15 is 0 Å². The molecule has 19 heavy (non-hydrogen) atoms. The van der Waals surface area contributed by atoms with E-state index in [0.717, 1.165) is 21.6 Å². The number of ether oxygens (including phenoxy) is 1. The van der Waals surface area contributed by atoms with E-state index < -0.39 is 0 Å². The summed E-state index contributed by atoms with van der Waals surface area (Å²) in [6.45, 7) is 0.943. The Kier molecular flexibility index (Phi) is 5.00. The quantitative estimate of drug-likeness (QED) is 0.848. The van der Waals surface area contributed by atoms with E-state index in [1.54, 1.807) is 7.11 Å². The zero-order valence-electron chi connectivity index (χ0n) is 10.2. The van der Waals surface area contributed by atoms with Gasteiger partial charge in [-0.25, -0.2) is 0 Å². The molecule has 1 N–H and O–H groups in total. The fourth-order valence-corrected chi connectivity index (χ4v) is 2.35. The lowest BCUT2D eigenvalue weighted by Gasteiger charge is -2.04. The standard InChI is InChI=1S/C12H12BrN3O2S/c1-18-7-6-14-12(17)11-10(15-16-19-11)8-2-4-9(13)5-3-8/h2-5H,6-7H2,1H3,(H,14,17). The number of carbonyl (C=O) groups excluding carboxylic acids is 1. The maximum Gasteiger partial charge on any atom is 0.265 e. The van der Waals surface area contributed by atoms with Gasteiger partial charge in [0.05, 0.1) is 6.61 Å². The van der Waals surface area contributed by atoms with Crippen LogP contribution < -0.4 is 5.32 Å². The van der Waals surface area contributed by atoms with Gasteiger partial charge in [0.1, 0.15) is 10.6 Å². The number of methoxy groups -OCH3 is 1. The van der Waals surface area contributed by atoms with Crippen molar-refractivity contribution in [3.63, 3.8) is 0 Å². The van der Waals surface area contributed by atoms with Crippen LogP contribution in [0.15, 0.2) is 28.7 Å². The molecular formula is C12H12BrN3O2S. The second-order valence-corrected chi connectivity index (χ2v) is 5.38. The lowest BCUT2D eigenvalue weighted by molar-refractivity contribution is 0.0941. The van der Waals surface area contributed by atoms with Crippen molar-refractivity contribution in [1.82, 2.24) is 14.9 Å². The third kappa shape index (κ3) is 3.59. The van der Waals surface area contributed by atoms with Crippen LogP contribution in [0.2, 0.25) is 0 Å². The molecule has 0 fully saturated rings. The average Bonchev–Trinajstić information content (AvgIpc) is 2.89. The highest BCUT2D eigenvalue weighted by molar-refractivity contribution is 9.10. The molecule has 0 saturated heterocycles. The third-order valence-electron chi connectivity index (χ3n) is 2.40. The first-order valence-corrected chi connectivity index (χ1v) is 7.14. The van der Waals surface area contributed by atoms with Gasteiger partial charge in [0.15, 0.2) is 0 Å². The van der Waals surface area contributed by atoms with Gasteiger partial charge in [0.2, 0.25) is 0 Å². The fraction of sp³-hybridized carbons (Fsp3) is 0.250. The number of nitrogens with zero attached hydrogens (tertiary/aromatic N) is 2. The van der Waals surface area contributed by atoms with Gasteiger partial charge >= 0.3 is 0 Å². The molecule has 2 aromatic rings. The molecule has 1 aromatic carbocycles. The Morgan fingerprint density at radius 1 is 1.42 bits per heavy atom. The number of benzene rings is 1. The summed E-state index contributed by atoms with van der Waals surface area (Å²) >= 11 is 4.46. The van der Waals surface area contributed by atoms with Crippen LogP contribution in [-0.2, 0) is 4.74 Å².